The Hall–Kier alpha value is -3.04. The fraction of sp³-hybridized carbons (Fsp3) is 0.423. The monoisotopic (exact) mass is 498 g/mol. The maximum atomic E-state index is 13.4. The molecular weight excluding hydrogens is 468 g/mol. The van der Waals surface area contributed by atoms with Crippen LogP contribution in [0.15, 0.2) is 48.5 Å². The Bertz CT molecular complexity index is 1050. The molecule has 2 aromatic rings. The predicted octanol–water partition coefficient (Wildman–Crippen LogP) is 3.69. The van der Waals surface area contributed by atoms with Gasteiger partial charge in [0, 0.05) is 18.8 Å². The van der Waals surface area contributed by atoms with Gasteiger partial charge in [-0.2, -0.15) is 0 Å². The highest BCUT2D eigenvalue weighted by Crippen LogP contribution is 2.44. The second-order valence-electron chi connectivity index (χ2n) is 8.65. The number of hydrogen-bond donors (Lipinski definition) is 2. The molecule has 2 aliphatic rings. The average Bonchev–Trinajstić information content (AvgIpc) is 3.42. The van der Waals surface area contributed by atoms with Crippen LogP contribution in [0.1, 0.15) is 36.8 Å². The van der Waals surface area contributed by atoms with Crippen molar-refractivity contribution in [2.24, 2.45) is 0 Å². The number of carboxylic acid groups (broad SMARTS) is 1. The van der Waals surface area contributed by atoms with Gasteiger partial charge >= 0.3 is 12.1 Å². The van der Waals surface area contributed by atoms with Crippen LogP contribution >= 0.6 is 11.8 Å². The van der Waals surface area contributed by atoms with E-state index < -0.39 is 30.1 Å². The lowest BCUT2D eigenvalue weighted by atomic mass is 9.98. The number of thioether (sulfide) groups is 1. The van der Waals surface area contributed by atoms with Crippen molar-refractivity contribution in [1.29, 1.82) is 0 Å². The van der Waals surface area contributed by atoms with E-state index in [-0.39, 0.29) is 24.5 Å². The third kappa shape index (κ3) is 5.16. The molecule has 2 aromatic carbocycles. The number of aliphatic carboxylic acids is 1. The molecule has 35 heavy (non-hydrogen) atoms. The molecule has 0 saturated carbocycles. The summed E-state index contributed by atoms with van der Waals surface area (Å²) in [6.45, 7) is 2.01. The molecular formula is C26H30N2O6S. The van der Waals surface area contributed by atoms with Gasteiger partial charge in [0.15, 0.2) is 0 Å². The Kier molecular flexibility index (Phi) is 7.97. The van der Waals surface area contributed by atoms with Crippen molar-refractivity contribution >= 4 is 29.7 Å². The van der Waals surface area contributed by atoms with Crippen molar-refractivity contribution in [3.63, 3.8) is 0 Å². The van der Waals surface area contributed by atoms with Crippen LogP contribution in [-0.2, 0) is 19.1 Å². The summed E-state index contributed by atoms with van der Waals surface area (Å²) in [7, 11) is 1.43. The van der Waals surface area contributed by atoms with Crippen LogP contribution in [0.5, 0.6) is 0 Å². The number of nitrogens with zero attached hydrogens (tertiary/aromatic N) is 1. The van der Waals surface area contributed by atoms with Gasteiger partial charge < -0.3 is 24.8 Å². The zero-order valence-electron chi connectivity index (χ0n) is 19.8. The van der Waals surface area contributed by atoms with Crippen LogP contribution in [0, 0.1) is 0 Å². The lowest BCUT2D eigenvalue weighted by molar-refractivity contribution is -0.150. The smallest absolute Gasteiger partial charge is 0.407 e. The number of carbonyl (C=O) groups excluding carboxylic acids is 2. The van der Waals surface area contributed by atoms with Crippen LogP contribution in [0.4, 0.5) is 4.79 Å². The molecule has 9 heteroatoms. The summed E-state index contributed by atoms with van der Waals surface area (Å²) in [4.78, 5) is 39.3. The van der Waals surface area contributed by atoms with Crippen molar-refractivity contribution in [3.05, 3.63) is 59.7 Å². The quantitative estimate of drug-likeness (QED) is 0.543. The number of amides is 2. The lowest BCUT2D eigenvalue weighted by Crippen LogP contribution is -2.56. The molecule has 1 aliphatic heterocycles. The fourth-order valence-corrected chi connectivity index (χ4v) is 6.34. The van der Waals surface area contributed by atoms with Gasteiger partial charge in [0.05, 0.1) is 12.0 Å². The zero-order valence-corrected chi connectivity index (χ0v) is 20.6. The number of benzene rings is 2. The number of methoxy groups -OCH3 is 1. The summed E-state index contributed by atoms with van der Waals surface area (Å²) in [5.41, 5.74) is 4.43. The second kappa shape index (κ2) is 11.1. The van der Waals surface area contributed by atoms with E-state index in [1.807, 2.05) is 43.3 Å². The maximum Gasteiger partial charge on any atom is 0.407 e. The molecule has 1 heterocycles. The van der Waals surface area contributed by atoms with Crippen LogP contribution in [0.3, 0.4) is 0 Å². The number of carbonyl (C=O) groups is 3. The molecule has 1 saturated heterocycles. The highest BCUT2D eigenvalue weighted by atomic mass is 32.2. The summed E-state index contributed by atoms with van der Waals surface area (Å²) < 4.78 is 10.8. The van der Waals surface area contributed by atoms with E-state index in [2.05, 4.69) is 17.4 Å². The molecule has 0 aromatic heterocycles. The molecule has 8 nitrogen and oxygen atoms in total. The highest BCUT2D eigenvalue weighted by molar-refractivity contribution is 8.00. The summed E-state index contributed by atoms with van der Waals surface area (Å²) in [5, 5.41) is 12.0. The Morgan fingerprint density at radius 1 is 1.11 bits per heavy atom. The largest absolute Gasteiger partial charge is 0.480 e. The first kappa shape index (κ1) is 25.1. The number of rotatable bonds is 9. The van der Waals surface area contributed by atoms with E-state index in [1.54, 1.807) is 0 Å². The first-order valence-corrected chi connectivity index (χ1v) is 12.8. The Morgan fingerprint density at radius 3 is 2.31 bits per heavy atom. The van der Waals surface area contributed by atoms with E-state index in [4.69, 9.17) is 9.47 Å². The van der Waals surface area contributed by atoms with Crippen LogP contribution < -0.4 is 5.32 Å². The summed E-state index contributed by atoms with van der Waals surface area (Å²) in [6.07, 6.45) is 0.737. The minimum Gasteiger partial charge on any atom is -0.480 e. The minimum atomic E-state index is -1.05. The van der Waals surface area contributed by atoms with E-state index in [0.29, 0.717) is 12.2 Å². The van der Waals surface area contributed by atoms with Gasteiger partial charge in [-0.1, -0.05) is 61.9 Å². The highest BCUT2D eigenvalue weighted by Gasteiger charge is 2.43. The summed E-state index contributed by atoms with van der Waals surface area (Å²) >= 11 is 1.45. The van der Waals surface area contributed by atoms with Crippen molar-refractivity contribution in [1.82, 2.24) is 10.2 Å². The molecule has 3 unspecified atom stereocenters. The third-order valence-electron chi connectivity index (χ3n) is 6.43. The molecule has 1 fully saturated rings. The Morgan fingerprint density at radius 2 is 1.74 bits per heavy atom. The maximum absolute atomic E-state index is 13.4. The van der Waals surface area contributed by atoms with E-state index in [1.165, 1.54) is 23.8 Å². The molecule has 0 radical (unpaired) electrons. The molecule has 186 valence electrons. The lowest BCUT2D eigenvalue weighted by Gasteiger charge is -2.31. The predicted molar refractivity (Wildman–Crippen MR) is 133 cm³/mol. The van der Waals surface area contributed by atoms with E-state index in [0.717, 1.165) is 28.7 Å². The SMILES string of the molecule is CCCC1SCC(C(=O)O)N1C(=O)C(COC)NC(=O)OCC1c2ccccc2-c2ccccc21. The average molecular weight is 499 g/mol. The van der Waals surface area contributed by atoms with Crippen LogP contribution in [0.2, 0.25) is 0 Å². The molecule has 2 N–H and O–H groups in total. The van der Waals surface area contributed by atoms with Gasteiger partial charge in [-0.25, -0.2) is 9.59 Å². The number of alkyl carbamates (subject to hydrolysis) is 1. The van der Waals surface area contributed by atoms with Crippen molar-refractivity contribution in [3.8, 4) is 11.1 Å². The first-order valence-electron chi connectivity index (χ1n) is 11.7. The van der Waals surface area contributed by atoms with E-state index in [9.17, 15) is 19.5 Å². The van der Waals surface area contributed by atoms with Crippen molar-refractivity contribution < 1.29 is 29.0 Å². The Labute approximate surface area is 209 Å². The number of hydrogen-bond acceptors (Lipinski definition) is 6. The first-order chi connectivity index (χ1) is 17.0. The second-order valence-corrected chi connectivity index (χ2v) is 9.86. The molecule has 4 rings (SSSR count). The number of fused-ring (bicyclic) bond motifs is 3. The summed E-state index contributed by atoms with van der Waals surface area (Å²) in [5.74, 6) is -1.32. The standard InChI is InChI=1S/C26H30N2O6S/c1-3-8-23-28(22(15-35-23)25(30)31)24(29)21(14-33-2)27-26(32)34-13-20-18-11-6-4-9-16(18)17-10-5-7-12-19(17)20/h4-7,9-12,20-23H,3,8,13-15H2,1-2H3,(H,27,32)(H,30,31). The van der Waals surface area contributed by atoms with Crippen molar-refractivity contribution in [2.45, 2.75) is 43.1 Å². The fourth-order valence-electron chi connectivity index (χ4n) is 4.82. The number of nitrogens with one attached hydrogen (secondary N) is 1. The van der Waals surface area contributed by atoms with Gasteiger partial charge in [0.1, 0.15) is 18.7 Å². The Balaban J connectivity index is 1.45. The zero-order chi connectivity index (χ0) is 24.9. The van der Waals surface area contributed by atoms with Gasteiger partial charge in [-0.3, -0.25) is 4.79 Å². The number of ether oxygens (including phenoxy) is 2. The van der Waals surface area contributed by atoms with E-state index >= 15 is 0 Å². The molecule has 0 spiro atoms. The minimum absolute atomic E-state index is 0.0879. The third-order valence-corrected chi connectivity index (χ3v) is 7.79. The van der Waals surface area contributed by atoms with Gasteiger partial charge in [-0.05, 0) is 28.7 Å². The molecule has 1 aliphatic carbocycles. The van der Waals surface area contributed by atoms with Crippen LogP contribution in [-0.4, -0.2) is 71.5 Å². The van der Waals surface area contributed by atoms with Gasteiger partial charge in [0.25, 0.3) is 0 Å². The topological polar surface area (TPSA) is 105 Å². The molecule has 2 amide bonds. The van der Waals surface area contributed by atoms with Crippen LogP contribution in [0.25, 0.3) is 11.1 Å². The molecule has 0 bridgehead atoms. The molecule has 3 atom stereocenters. The van der Waals surface area contributed by atoms with Gasteiger partial charge in [0.2, 0.25) is 5.91 Å². The van der Waals surface area contributed by atoms with Gasteiger partial charge in [-0.15, -0.1) is 11.8 Å². The normalized spacial score (nSPS) is 19.7. The van der Waals surface area contributed by atoms with Crippen molar-refractivity contribution in [2.75, 3.05) is 26.1 Å². The number of carboxylic acids is 1. The summed E-state index contributed by atoms with van der Waals surface area (Å²) in [6, 6.07) is 14.1.